The highest BCUT2D eigenvalue weighted by Gasteiger charge is 2.26. The van der Waals surface area contributed by atoms with Crippen LogP contribution in [-0.4, -0.2) is 67.2 Å². The van der Waals surface area contributed by atoms with E-state index in [4.69, 9.17) is 10.5 Å². The van der Waals surface area contributed by atoms with Gasteiger partial charge >= 0.3 is 0 Å². The molecular weight excluding hydrogens is 254 g/mol. The van der Waals surface area contributed by atoms with E-state index < -0.39 is 0 Å². The van der Waals surface area contributed by atoms with E-state index in [2.05, 4.69) is 11.8 Å². The lowest BCUT2D eigenvalue weighted by molar-refractivity contribution is -0.134. The summed E-state index contributed by atoms with van der Waals surface area (Å²) in [5.41, 5.74) is 5.98. The number of ether oxygens (including phenoxy) is 1. The van der Waals surface area contributed by atoms with Gasteiger partial charge in [0.2, 0.25) is 5.91 Å². The van der Waals surface area contributed by atoms with E-state index in [1.165, 1.54) is 12.8 Å². The Bertz CT molecular complexity index is 297. The molecule has 5 heteroatoms. The fourth-order valence-corrected chi connectivity index (χ4v) is 3.01. The Morgan fingerprint density at radius 3 is 2.70 bits per heavy atom. The third-order valence-electron chi connectivity index (χ3n) is 4.36. The monoisotopic (exact) mass is 283 g/mol. The average Bonchev–Trinajstić information content (AvgIpc) is 2.97. The number of carbonyl (C=O) groups is 1. The molecule has 0 bridgehead atoms. The predicted molar refractivity (Wildman–Crippen MR) is 79.5 cm³/mol. The molecular formula is C15H29N3O2. The number of hydrogen-bond acceptors (Lipinski definition) is 4. The van der Waals surface area contributed by atoms with Gasteiger partial charge in [-0.25, -0.2) is 0 Å². The second kappa shape index (κ2) is 7.96. The van der Waals surface area contributed by atoms with Crippen LogP contribution in [0.25, 0.3) is 0 Å². The van der Waals surface area contributed by atoms with Gasteiger partial charge in [-0.15, -0.1) is 0 Å². The molecule has 0 saturated carbocycles. The summed E-state index contributed by atoms with van der Waals surface area (Å²) in [5.74, 6) is 0.134. The van der Waals surface area contributed by atoms with Crippen LogP contribution in [0.2, 0.25) is 0 Å². The first kappa shape index (κ1) is 15.7. The summed E-state index contributed by atoms with van der Waals surface area (Å²) < 4.78 is 5.67. The number of hydrogen-bond donors (Lipinski definition) is 1. The number of unbranched alkanes of at least 4 members (excludes halogenated alkanes) is 1. The fourth-order valence-electron chi connectivity index (χ4n) is 3.01. The molecule has 0 aliphatic carbocycles. The summed E-state index contributed by atoms with van der Waals surface area (Å²) >= 11 is 0. The average molecular weight is 283 g/mol. The zero-order valence-electron chi connectivity index (χ0n) is 12.7. The van der Waals surface area contributed by atoms with Crippen LogP contribution in [0, 0.1) is 0 Å². The van der Waals surface area contributed by atoms with Crippen molar-refractivity contribution in [2.24, 2.45) is 5.73 Å². The second-order valence-electron chi connectivity index (χ2n) is 6.01. The Kier molecular flexibility index (Phi) is 6.26. The van der Waals surface area contributed by atoms with E-state index in [0.29, 0.717) is 6.10 Å². The number of carbonyl (C=O) groups excluding carboxylic acids is 1. The SMILES string of the molecule is CCCC[C@H](N)C(=O)N1CCN(CC2CCCO2)CC1. The molecule has 2 saturated heterocycles. The van der Waals surface area contributed by atoms with Crippen molar-refractivity contribution in [2.45, 2.75) is 51.2 Å². The van der Waals surface area contributed by atoms with Gasteiger partial charge in [-0.2, -0.15) is 0 Å². The van der Waals surface area contributed by atoms with Crippen LogP contribution in [0.4, 0.5) is 0 Å². The Balaban J connectivity index is 1.68. The highest BCUT2D eigenvalue weighted by Crippen LogP contribution is 2.15. The zero-order chi connectivity index (χ0) is 14.4. The van der Waals surface area contributed by atoms with Crippen molar-refractivity contribution in [3.8, 4) is 0 Å². The van der Waals surface area contributed by atoms with E-state index in [9.17, 15) is 4.79 Å². The summed E-state index contributed by atoms with van der Waals surface area (Å²) in [5, 5.41) is 0. The zero-order valence-corrected chi connectivity index (χ0v) is 12.7. The van der Waals surface area contributed by atoms with Crippen molar-refractivity contribution in [2.75, 3.05) is 39.3 Å². The maximum Gasteiger partial charge on any atom is 0.239 e. The molecule has 0 spiro atoms. The van der Waals surface area contributed by atoms with E-state index in [-0.39, 0.29) is 11.9 Å². The number of nitrogens with two attached hydrogens (primary N) is 1. The van der Waals surface area contributed by atoms with Crippen LogP contribution in [-0.2, 0) is 9.53 Å². The van der Waals surface area contributed by atoms with Crippen LogP contribution in [0.3, 0.4) is 0 Å². The first-order valence-corrected chi connectivity index (χ1v) is 8.09. The molecule has 2 rings (SSSR count). The first-order valence-electron chi connectivity index (χ1n) is 8.09. The maximum atomic E-state index is 12.2. The number of amides is 1. The molecule has 0 radical (unpaired) electrons. The molecule has 2 heterocycles. The highest BCUT2D eigenvalue weighted by molar-refractivity contribution is 5.81. The predicted octanol–water partition coefficient (Wildman–Crippen LogP) is 0.827. The number of piperazine rings is 1. The standard InChI is InChI=1S/C15H29N3O2/c1-2-3-6-14(16)15(19)18-9-7-17(8-10-18)12-13-5-4-11-20-13/h13-14H,2-12,16H2,1H3/t13?,14-/m0/s1. The van der Waals surface area contributed by atoms with E-state index in [1.54, 1.807) is 0 Å². The smallest absolute Gasteiger partial charge is 0.239 e. The van der Waals surface area contributed by atoms with Crippen molar-refractivity contribution in [3.05, 3.63) is 0 Å². The van der Waals surface area contributed by atoms with Crippen molar-refractivity contribution >= 4 is 5.91 Å². The van der Waals surface area contributed by atoms with Crippen molar-refractivity contribution in [3.63, 3.8) is 0 Å². The molecule has 0 aromatic rings. The maximum absolute atomic E-state index is 12.2. The van der Waals surface area contributed by atoms with Gasteiger partial charge < -0.3 is 15.4 Å². The first-order chi connectivity index (χ1) is 9.70. The third-order valence-corrected chi connectivity index (χ3v) is 4.36. The van der Waals surface area contributed by atoms with Gasteiger partial charge in [0.1, 0.15) is 0 Å². The lowest BCUT2D eigenvalue weighted by Gasteiger charge is -2.36. The fraction of sp³-hybridized carbons (Fsp3) is 0.933. The van der Waals surface area contributed by atoms with Crippen molar-refractivity contribution in [1.82, 2.24) is 9.80 Å². The van der Waals surface area contributed by atoms with Crippen LogP contribution in [0.15, 0.2) is 0 Å². The molecule has 2 fully saturated rings. The van der Waals surface area contributed by atoms with Crippen LogP contribution in [0.5, 0.6) is 0 Å². The van der Waals surface area contributed by atoms with Gasteiger partial charge in [-0.05, 0) is 19.3 Å². The molecule has 0 aromatic carbocycles. The molecule has 1 unspecified atom stereocenters. The van der Waals surface area contributed by atoms with E-state index in [0.717, 1.165) is 58.6 Å². The molecule has 2 aliphatic rings. The highest BCUT2D eigenvalue weighted by atomic mass is 16.5. The molecule has 2 atom stereocenters. The molecule has 0 aromatic heterocycles. The minimum Gasteiger partial charge on any atom is -0.377 e. The normalized spacial score (nSPS) is 25.9. The largest absolute Gasteiger partial charge is 0.377 e. The quantitative estimate of drug-likeness (QED) is 0.784. The minimum absolute atomic E-state index is 0.134. The Hall–Kier alpha value is -0.650. The van der Waals surface area contributed by atoms with Gasteiger partial charge in [0.05, 0.1) is 12.1 Å². The van der Waals surface area contributed by atoms with Crippen molar-refractivity contribution < 1.29 is 9.53 Å². The van der Waals surface area contributed by atoms with Crippen molar-refractivity contribution in [1.29, 1.82) is 0 Å². The summed E-state index contributed by atoms with van der Waals surface area (Å²) in [6, 6.07) is -0.306. The molecule has 2 aliphatic heterocycles. The molecule has 20 heavy (non-hydrogen) atoms. The van der Waals surface area contributed by atoms with Crippen LogP contribution < -0.4 is 5.73 Å². The van der Waals surface area contributed by atoms with Gasteiger partial charge in [0.15, 0.2) is 0 Å². The molecule has 1 amide bonds. The van der Waals surface area contributed by atoms with Gasteiger partial charge in [-0.1, -0.05) is 19.8 Å². The summed E-state index contributed by atoms with van der Waals surface area (Å²) in [6.07, 6.45) is 5.72. The lowest BCUT2D eigenvalue weighted by atomic mass is 10.1. The van der Waals surface area contributed by atoms with Gasteiger partial charge in [0, 0.05) is 39.3 Å². The summed E-state index contributed by atoms with van der Waals surface area (Å²) in [4.78, 5) is 16.6. The van der Waals surface area contributed by atoms with Gasteiger partial charge in [-0.3, -0.25) is 9.69 Å². The topological polar surface area (TPSA) is 58.8 Å². The lowest BCUT2D eigenvalue weighted by Crippen LogP contribution is -2.54. The van der Waals surface area contributed by atoms with E-state index in [1.807, 2.05) is 4.90 Å². The summed E-state index contributed by atoms with van der Waals surface area (Å²) in [6.45, 7) is 7.58. The third kappa shape index (κ3) is 4.43. The van der Waals surface area contributed by atoms with Crippen LogP contribution >= 0.6 is 0 Å². The van der Waals surface area contributed by atoms with Crippen LogP contribution in [0.1, 0.15) is 39.0 Å². The molecule has 2 N–H and O–H groups in total. The summed E-state index contributed by atoms with van der Waals surface area (Å²) in [7, 11) is 0. The number of rotatable bonds is 6. The Morgan fingerprint density at radius 1 is 1.35 bits per heavy atom. The van der Waals surface area contributed by atoms with E-state index >= 15 is 0 Å². The minimum atomic E-state index is -0.306. The molecule has 5 nitrogen and oxygen atoms in total. The number of nitrogens with zero attached hydrogens (tertiary/aromatic N) is 2. The Labute approximate surface area is 122 Å². The second-order valence-corrected chi connectivity index (χ2v) is 6.01. The Morgan fingerprint density at radius 2 is 2.10 bits per heavy atom. The van der Waals surface area contributed by atoms with Gasteiger partial charge in [0.25, 0.3) is 0 Å². The molecule has 116 valence electrons.